The summed E-state index contributed by atoms with van der Waals surface area (Å²) >= 11 is 0. The Bertz CT molecular complexity index is 1230. The summed E-state index contributed by atoms with van der Waals surface area (Å²) in [5.74, 6) is -1.41. The van der Waals surface area contributed by atoms with Crippen molar-refractivity contribution in [3.63, 3.8) is 0 Å². The first-order valence-electron chi connectivity index (χ1n) is 16.6. The summed E-state index contributed by atoms with van der Waals surface area (Å²) in [5.41, 5.74) is 0.111. The van der Waals surface area contributed by atoms with Gasteiger partial charge in [0.25, 0.3) is 5.90 Å². The maximum Gasteiger partial charge on any atom is 0.468 e. The van der Waals surface area contributed by atoms with E-state index in [9.17, 15) is 13.2 Å². The van der Waals surface area contributed by atoms with Gasteiger partial charge in [-0.3, -0.25) is 0 Å². The van der Waals surface area contributed by atoms with Gasteiger partial charge in [0.05, 0.1) is 12.3 Å². The molecule has 2 aliphatic rings. The fourth-order valence-corrected chi connectivity index (χ4v) is 13.3. The third-order valence-corrected chi connectivity index (χ3v) is 24.3. The van der Waals surface area contributed by atoms with E-state index >= 15 is 0 Å². The molecule has 0 spiro atoms. The molecule has 1 aromatic rings. The molecule has 0 bridgehead atoms. The number of hydrogen-bond acceptors (Lipinski definition) is 7. The minimum absolute atomic E-state index is 0.111. The molecule has 0 saturated carbocycles. The van der Waals surface area contributed by atoms with Gasteiger partial charge in [-0.25, -0.2) is 4.99 Å². The van der Waals surface area contributed by atoms with Crippen LogP contribution in [0.15, 0.2) is 35.3 Å². The quantitative estimate of drug-likeness (QED) is 0.166. The Kier molecular flexibility index (Phi) is 11.4. The maximum absolute atomic E-state index is 14.6. The van der Waals surface area contributed by atoms with Gasteiger partial charge in [-0.05, 0) is 48.4 Å². The highest BCUT2D eigenvalue weighted by Crippen LogP contribution is 2.56. The van der Waals surface area contributed by atoms with Crippen LogP contribution in [0.5, 0.6) is 0 Å². The van der Waals surface area contributed by atoms with E-state index in [0.29, 0.717) is 0 Å². The van der Waals surface area contributed by atoms with Gasteiger partial charge in [0.15, 0.2) is 16.6 Å². The molecular formula is C34H60F3NO6Si3. The third-order valence-electron chi connectivity index (χ3n) is 10.2. The number of hydrogen-bond donors (Lipinski definition) is 0. The molecule has 5 atom stereocenters. The van der Waals surface area contributed by atoms with Crippen LogP contribution in [0.2, 0.25) is 46.3 Å². The summed E-state index contributed by atoms with van der Waals surface area (Å²) < 4.78 is 84.4. The summed E-state index contributed by atoms with van der Waals surface area (Å²) in [6.07, 6.45) is -9.63. The van der Waals surface area contributed by atoms with Crippen molar-refractivity contribution in [1.82, 2.24) is 0 Å². The van der Waals surface area contributed by atoms with Gasteiger partial charge in [0.1, 0.15) is 24.4 Å². The molecule has 2 saturated heterocycles. The minimum Gasteiger partial charge on any atom is -0.441 e. The fraction of sp³-hybridized carbons (Fsp3) is 0.794. The second kappa shape index (κ2) is 13.2. The zero-order chi connectivity index (χ0) is 36.2. The van der Waals surface area contributed by atoms with E-state index in [0.717, 1.165) is 0 Å². The molecule has 2 heterocycles. The number of benzene rings is 1. The average Bonchev–Trinajstić information content (AvgIpc) is 2.87. The van der Waals surface area contributed by atoms with Gasteiger partial charge in [-0.1, -0.05) is 101 Å². The molecule has 0 radical (unpaired) electrons. The molecule has 13 heteroatoms. The smallest absolute Gasteiger partial charge is 0.441 e. The molecule has 1 unspecified atom stereocenters. The van der Waals surface area contributed by atoms with Crippen molar-refractivity contribution in [3.8, 4) is 0 Å². The van der Waals surface area contributed by atoms with Crippen LogP contribution in [0.4, 0.5) is 18.9 Å². The average molecular weight is 720 g/mol. The predicted molar refractivity (Wildman–Crippen MR) is 189 cm³/mol. The zero-order valence-electron chi connectivity index (χ0n) is 31.5. The summed E-state index contributed by atoms with van der Waals surface area (Å²) in [6, 6.07) is 7.94. The largest absolute Gasteiger partial charge is 0.468 e. The van der Waals surface area contributed by atoms with Crippen molar-refractivity contribution in [2.45, 2.75) is 166 Å². The fourth-order valence-electron chi connectivity index (χ4n) is 5.77. The highest BCUT2D eigenvalue weighted by atomic mass is 28.4. The van der Waals surface area contributed by atoms with Gasteiger partial charge in [-0.2, -0.15) is 13.2 Å². The monoisotopic (exact) mass is 719 g/mol. The van der Waals surface area contributed by atoms with Crippen LogP contribution < -0.4 is 0 Å². The van der Waals surface area contributed by atoms with Gasteiger partial charge in [0.2, 0.25) is 6.29 Å². The Morgan fingerprint density at radius 2 is 1.23 bits per heavy atom. The number of halogens is 3. The van der Waals surface area contributed by atoms with Gasteiger partial charge in [0, 0.05) is 10.1 Å². The summed E-state index contributed by atoms with van der Waals surface area (Å²) in [7, 11) is -8.28. The topological polar surface area (TPSA) is 67.7 Å². The van der Waals surface area contributed by atoms with Gasteiger partial charge in [-0.15, -0.1) is 0 Å². The molecule has 0 N–H and O–H groups in total. The van der Waals surface area contributed by atoms with E-state index in [4.69, 9.17) is 27.2 Å². The standard InChI is InChI=1S/C34H60F3NO6Si3/c1-30(2,3)45(13,14)42-26-25-24(22-39-47(44-25,32(7,8)9)33(10,11)12)40-28(27(26)43-46(15,16)31(4,5)6)41-29(34(35,36)37)38-23-20-18-17-19-21-23/h17-21,24-28H,22H2,1-16H3/t24-,25+,26+,27-,28?/m1/s1. The predicted octanol–water partition coefficient (Wildman–Crippen LogP) is 10.3. The lowest BCUT2D eigenvalue weighted by Gasteiger charge is -2.59. The summed E-state index contributed by atoms with van der Waals surface area (Å²) in [6.45, 7) is 34.0. The number of fused-ring (bicyclic) bond motifs is 1. The number of rotatable bonds is 6. The van der Waals surface area contributed by atoms with Crippen molar-refractivity contribution in [1.29, 1.82) is 0 Å². The second-order valence-electron chi connectivity index (χ2n) is 18.1. The number of ether oxygens (including phenoxy) is 2. The van der Waals surface area contributed by atoms with E-state index in [1.807, 2.05) is 0 Å². The number of para-hydroxylation sites is 1. The zero-order valence-corrected chi connectivity index (χ0v) is 34.5. The molecule has 3 rings (SSSR count). The molecule has 47 heavy (non-hydrogen) atoms. The van der Waals surface area contributed by atoms with E-state index < -0.39 is 68.0 Å². The highest BCUT2D eigenvalue weighted by Gasteiger charge is 2.66. The Hall–Kier alpha value is -1.07. The molecule has 7 nitrogen and oxygen atoms in total. The number of alkyl halides is 3. The lowest BCUT2D eigenvalue weighted by atomic mass is 9.99. The minimum atomic E-state index is -4.90. The van der Waals surface area contributed by atoms with Crippen molar-refractivity contribution in [2.24, 2.45) is 4.99 Å². The first kappa shape index (κ1) is 40.4. The van der Waals surface area contributed by atoms with Crippen LogP contribution in [0.3, 0.4) is 0 Å². The van der Waals surface area contributed by atoms with Crippen LogP contribution in [0.1, 0.15) is 83.1 Å². The van der Waals surface area contributed by atoms with E-state index in [1.54, 1.807) is 18.2 Å². The van der Waals surface area contributed by atoms with E-state index in [-0.39, 0.29) is 32.4 Å². The van der Waals surface area contributed by atoms with Crippen molar-refractivity contribution >= 4 is 36.8 Å². The first-order chi connectivity index (χ1) is 20.9. The molecule has 0 aromatic heterocycles. The maximum atomic E-state index is 14.6. The molecule has 2 aliphatic heterocycles. The van der Waals surface area contributed by atoms with Crippen molar-refractivity contribution in [2.75, 3.05) is 6.61 Å². The van der Waals surface area contributed by atoms with Crippen LogP contribution in [-0.4, -0.2) is 74.6 Å². The van der Waals surface area contributed by atoms with Gasteiger partial charge >= 0.3 is 14.7 Å². The van der Waals surface area contributed by atoms with Crippen molar-refractivity contribution in [3.05, 3.63) is 30.3 Å². The van der Waals surface area contributed by atoms with Crippen molar-refractivity contribution < 1.29 is 40.3 Å². The number of aliphatic imine (C=N–C) groups is 1. The normalized spacial score (nSPS) is 27.0. The lowest BCUT2D eigenvalue weighted by Crippen LogP contribution is -2.73. The molecule has 1 aromatic carbocycles. The Balaban J connectivity index is 2.27. The third kappa shape index (κ3) is 8.63. The summed E-state index contributed by atoms with van der Waals surface area (Å²) in [5, 5.41) is -1.16. The Morgan fingerprint density at radius 3 is 1.66 bits per heavy atom. The van der Waals surface area contributed by atoms with Crippen LogP contribution >= 0.6 is 0 Å². The van der Waals surface area contributed by atoms with Crippen LogP contribution in [-0.2, 0) is 27.2 Å². The van der Waals surface area contributed by atoms with E-state index in [2.05, 4.69) is 114 Å². The molecule has 270 valence electrons. The van der Waals surface area contributed by atoms with Gasteiger partial charge < -0.3 is 27.2 Å². The van der Waals surface area contributed by atoms with Crippen LogP contribution in [0, 0.1) is 0 Å². The highest BCUT2D eigenvalue weighted by molar-refractivity contribution is 6.75. The second-order valence-corrected chi connectivity index (χ2v) is 32.4. The first-order valence-corrected chi connectivity index (χ1v) is 24.3. The molecular weight excluding hydrogens is 660 g/mol. The Morgan fingerprint density at radius 1 is 0.766 bits per heavy atom. The Labute approximate surface area is 284 Å². The molecule has 0 amide bonds. The summed E-state index contributed by atoms with van der Waals surface area (Å²) in [4.78, 5) is 3.89. The SMILES string of the molecule is CC(C)(C)[Si](C)(C)O[C@H]1[C@H]2O[Si](C(C)(C)C)(C(C)(C)C)OC[C@H]2OC(OC(=Nc2ccccc2)C(F)(F)F)[C@@H]1O[Si](C)(C)C(C)(C)C. The molecule has 2 fully saturated rings. The van der Waals surface area contributed by atoms with Crippen LogP contribution in [0.25, 0.3) is 0 Å². The molecule has 0 aliphatic carbocycles. The number of nitrogens with zero attached hydrogens (tertiary/aromatic N) is 1. The van der Waals surface area contributed by atoms with E-state index in [1.165, 1.54) is 12.1 Å². The lowest BCUT2D eigenvalue weighted by molar-refractivity contribution is -0.288.